The summed E-state index contributed by atoms with van der Waals surface area (Å²) in [6, 6.07) is 17.0. The highest BCUT2D eigenvalue weighted by molar-refractivity contribution is 7.92. The molecule has 2 aromatic carbocycles. The van der Waals surface area contributed by atoms with Crippen molar-refractivity contribution in [2.75, 3.05) is 16.6 Å². The van der Waals surface area contributed by atoms with Gasteiger partial charge in [-0.05, 0) is 61.9 Å². The van der Waals surface area contributed by atoms with E-state index in [4.69, 9.17) is 4.74 Å². The molecule has 30 heavy (non-hydrogen) atoms. The third kappa shape index (κ3) is 6.31. The van der Waals surface area contributed by atoms with Gasteiger partial charge in [-0.3, -0.25) is 14.5 Å². The third-order valence-corrected chi connectivity index (χ3v) is 5.60. The van der Waals surface area contributed by atoms with E-state index in [1.807, 2.05) is 31.2 Å². The van der Waals surface area contributed by atoms with Gasteiger partial charge in [0.25, 0.3) is 10.0 Å². The van der Waals surface area contributed by atoms with E-state index >= 15 is 0 Å². The number of sulfonamides is 1. The van der Waals surface area contributed by atoms with Gasteiger partial charge in [0.2, 0.25) is 5.91 Å². The standard InChI is InChI=1S/C22H23N3O4S/c1-17-6-10-20(11-7-17)29-15-3-5-22(26)24-18-8-12-21(13-9-18)30(27,28)25-19-4-2-14-23-16-19/h2,4,6-14,16,25H,3,5,15H2,1H3,(H,24,26). The third-order valence-electron chi connectivity index (χ3n) is 4.20. The number of pyridine rings is 1. The normalized spacial score (nSPS) is 11.0. The van der Waals surface area contributed by atoms with Crippen LogP contribution < -0.4 is 14.8 Å². The lowest BCUT2D eigenvalue weighted by Crippen LogP contribution is -2.14. The number of benzene rings is 2. The van der Waals surface area contributed by atoms with E-state index in [2.05, 4.69) is 15.0 Å². The largest absolute Gasteiger partial charge is 0.494 e. The van der Waals surface area contributed by atoms with E-state index in [9.17, 15) is 13.2 Å². The Labute approximate surface area is 176 Å². The summed E-state index contributed by atoms with van der Waals surface area (Å²) in [6.07, 6.45) is 3.86. The van der Waals surface area contributed by atoms with Gasteiger partial charge < -0.3 is 10.1 Å². The van der Waals surface area contributed by atoms with Gasteiger partial charge in [0.1, 0.15) is 5.75 Å². The van der Waals surface area contributed by atoms with Crippen LogP contribution in [-0.4, -0.2) is 25.9 Å². The lowest BCUT2D eigenvalue weighted by atomic mass is 10.2. The number of rotatable bonds is 9. The fourth-order valence-electron chi connectivity index (χ4n) is 2.64. The molecule has 156 valence electrons. The number of anilines is 2. The molecular formula is C22H23N3O4S. The molecule has 0 fully saturated rings. The zero-order valence-corrected chi connectivity index (χ0v) is 17.4. The number of carbonyl (C=O) groups excluding carboxylic acids is 1. The Morgan fingerprint density at radius 3 is 2.40 bits per heavy atom. The Kier molecular flexibility index (Phi) is 7.03. The molecule has 0 radical (unpaired) electrons. The second kappa shape index (κ2) is 9.89. The molecule has 0 saturated carbocycles. The van der Waals surface area contributed by atoms with Gasteiger partial charge in [-0.15, -0.1) is 0 Å². The van der Waals surface area contributed by atoms with Crippen molar-refractivity contribution in [1.82, 2.24) is 4.98 Å². The Morgan fingerprint density at radius 1 is 1.00 bits per heavy atom. The first kappa shape index (κ1) is 21.3. The average molecular weight is 426 g/mol. The number of hydrogen-bond acceptors (Lipinski definition) is 5. The smallest absolute Gasteiger partial charge is 0.261 e. The molecule has 0 atom stereocenters. The van der Waals surface area contributed by atoms with Crippen LogP contribution in [0.5, 0.6) is 5.75 Å². The van der Waals surface area contributed by atoms with Crippen LogP contribution in [0.1, 0.15) is 18.4 Å². The Balaban J connectivity index is 1.46. The number of hydrogen-bond donors (Lipinski definition) is 2. The monoisotopic (exact) mass is 425 g/mol. The molecule has 1 amide bonds. The van der Waals surface area contributed by atoms with Crippen LogP contribution in [0.4, 0.5) is 11.4 Å². The molecule has 1 aromatic heterocycles. The number of nitrogens with one attached hydrogen (secondary N) is 2. The van der Waals surface area contributed by atoms with Crippen LogP contribution >= 0.6 is 0 Å². The minimum Gasteiger partial charge on any atom is -0.494 e. The van der Waals surface area contributed by atoms with Gasteiger partial charge in [0.15, 0.2) is 0 Å². The first-order valence-corrected chi connectivity index (χ1v) is 10.9. The Morgan fingerprint density at radius 2 is 1.73 bits per heavy atom. The maximum atomic E-state index is 12.4. The second-order valence-corrected chi connectivity index (χ2v) is 8.37. The zero-order chi connectivity index (χ0) is 21.4. The van der Waals surface area contributed by atoms with Gasteiger partial charge in [0, 0.05) is 18.3 Å². The van der Waals surface area contributed by atoms with E-state index in [1.165, 1.54) is 18.3 Å². The van der Waals surface area contributed by atoms with Crippen molar-refractivity contribution in [1.29, 1.82) is 0 Å². The summed E-state index contributed by atoms with van der Waals surface area (Å²) in [5.41, 5.74) is 2.07. The van der Waals surface area contributed by atoms with E-state index in [0.29, 0.717) is 30.8 Å². The van der Waals surface area contributed by atoms with Gasteiger partial charge in [0.05, 0.1) is 23.4 Å². The Hall–Kier alpha value is -3.39. The van der Waals surface area contributed by atoms with Gasteiger partial charge in [-0.25, -0.2) is 8.42 Å². The molecule has 0 aliphatic heterocycles. The summed E-state index contributed by atoms with van der Waals surface area (Å²) in [6.45, 7) is 2.45. The molecule has 0 saturated heterocycles. The number of aromatic nitrogens is 1. The maximum absolute atomic E-state index is 12.4. The number of ether oxygens (including phenoxy) is 1. The molecule has 8 heteroatoms. The minimum atomic E-state index is -3.72. The average Bonchev–Trinajstić information content (AvgIpc) is 2.73. The van der Waals surface area contributed by atoms with E-state index < -0.39 is 10.0 Å². The SMILES string of the molecule is Cc1ccc(OCCCC(=O)Nc2ccc(S(=O)(=O)Nc3cccnc3)cc2)cc1. The lowest BCUT2D eigenvalue weighted by Gasteiger charge is -2.09. The predicted octanol–water partition coefficient (Wildman–Crippen LogP) is 3.99. The van der Waals surface area contributed by atoms with Crippen LogP contribution in [0.25, 0.3) is 0 Å². The highest BCUT2D eigenvalue weighted by atomic mass is 32.2. The van der Waals surface area contributed by atoms with Gasteiger partial charge in [-0.2, -0.15) is 0 Å². The summed E-state index contributed by atoms with van der Waals surface area (Å²) in [4.78, 5) is 16.1. The van der Waals surface area contributed by atoms with Crippen molar-refractivity contribution in [3.8, 4) is 5.75 Å². The van der Waals surface area contributed by atoms with Crippen LogP contribution in [0, 0.1) is 6.92 Å². The summed E-state index contributed by atoms with van der Waals surface area (Å²) in [7, 11) is -3.72. The predicted molar refractivity (Wildman–Crippen MR) is 116 cm³/mol. The van der Waals surface area contributed by atoms with Gasteiger partial charge in [-0.1, -0.05) is 17.7 Å². The van der Waals surface area contributed by atoms with E-state index in [-0.39, 0.29) is 10.8 Å². The molecule has 2 N–H and O–H groups in total. The molecule has 0 spiro atoms. The fraction of sp³-hybridized carbons (Fsp3) is 0.182. The molecule has 0 aliphatic carbocycles. The van der Waals surface area contributed by atoms with E-state index in [0.717, 1.165) is 11.3 Å². The van der Waals surface area contributed by atoms with Crippen LogP contribution in [-0.2, 0) is 14.8 Å². The van der Waals surface area contributed by atoms with E-state index in [1.54, 1.807) is 30.5 Å². The summed E-state index contributed by atoms with van der Waals surface area (Å²) in [5, 5.41) is 2.76. The maximum Gasteiger partial charge on any atom is 0.261 e. The van der Waals surface area contributed by atoms with Crippen molar-refractivity contribution < 1.29 is 17.9 Å². The summed E-state index contributed by atoms with van der Waals surface area (Å²) < 4.78 is 32.9. The van der Waals surface area contributed by atoms with Crippen molar-refractivity contribution in [3.05, 3.63) is 78.6 Å². The van der Waals surface area contributed by atoms with Crippen molar-refractivity contribution in [2.24, 2.45) is 0 Å². The molecular weight excluding hydrogens is 402 g/mol. The minimum absolute atomic E-state index is 0.0934. The highest BCUT2D eigenvalue weighted by Crippen LogP contribution is 2.18. The number of carbonyl (C=O) groups is 1. The van der Waals surface area contributed by atoms with Gasteiger partial charge >= 0.3 is 0 Å². The summed E-state index contributed by atoms with van der Waals surface area (Å²) >= 11 is 0. The number of nitrogens with zero attached hydrogens (tertiary/aromatic N) is 1. The van der Waals surface area contributed by atoms with Crippen LogP contribution in [0.3, 0.4) is 0 Å². The molecule has 7 nitrogen and oxygen atoms in total. The van der Waals surface area contributed by atoms with Crippen molar-refractivity contribution in [2.45, 2.75) is 24.7 Å². The number of aryl methyl sites for hydroxylation is 1. The second-order valence-electron chi connectivity index (χ2n) is 6.68. The Bertz CT molecular complexity index is 1070. The highest BCUT2D eigenvalue weighted by Gasteiger charge is 2.14. The fourth-order valence-corrected chi connectivity index (χ4v) is 3.68. The van der Waals surface area contributed by atoms with Crippen LogP contribution in [0.15, 0.2) is 78.0 Å². The molecule has 1 heterocycles. The molecule has 3 rings (SSSR count). The van der Waals surface area contributed by atoms with Crippen molar-refractivity contribution in [3.63, 3.8) is 0 Å². The van der Waals surface area contributed by atoms with Crippen LogP contribution in [0.2, 0.25) is 0 Å². The molecule has 0 aliphatic rings. The quantitative estimate of drug-likeness (QED) is 0.505. The molecule has 3 aromatic rings. The zero-order valence-electron chi connectivity index (χ0n) is 16.5. The first-order chi connectivity index (χ1) is 14.4. The topological polar surface area (TPSA) is 97.4 Å². The van der Waals surface area contributed by atoms with Crippen molar-refractivity contribution >= 4 is 27.3 Å². The first-order valence-electron chi connectivity index (χ1n) is 9.45. The lowest BCUT2D eigenvalue weighted by molar-refractivity contribution is -0.116. The molecule has 0 bridgehead atoms. The summed E-state index contributed by atoms with van der Waals surface area (Å²) in [5.74, 6) is 0.615. The number of amides is 1. The molecule has 0 unspecified atom stereocenters.